The first-order chi connectivity index (χ1) is 11.7. The Labute approximate surface area is 142 Å². The van der Waals surface area contributed by atoms with Crippen LogP contribution in [0.2, 0.25) is 0 Å². The molecule has 1 saturated heterocycles. The van der Waals surface area contributed by atoms with Gasteiger partial charge in [-0.05, 0) is 37.1 Å². The van der Waals surface area contributed by atoms with Gasteiger partial charge in [-0.15, -0.1) is 0 Å². The average molecular weight is 328 g/mol. The van der Waals surface area contributed by atoms with Gasteiger partial charge in [0.2, 0.25) is 5.91 Å². The summed E-state index contributed by atoms with van der Waals surface area (Å²) < 4.78 is 7.01. The van der Waals surface area contributed by atoms with E-state index in [9.17, 15) is 4.79 Å². The molecule has 1 aromatic heterocycles. The van der Waals surface area contributed by atoms with Crippen molar-refractivity contribution in [2.75, 3.05) is 25.5 Å². The van der Waals surface area contributed by atoms with Gasteiger partial charge in [0.05, 0.1) is 25.5 Å². The molecule has 3 rings (SSSR count). The highest BCUT2D eigenvalue weighted by atomic mass is 16.5. The minimum absolute atomic E-state index is 0.00204. The molecule has 0 aliphatic carbocycles. The number of aromatic nitrogens is 2. The number of hydrogen-bond acceptors (Lipinski definition) is 4. The summed E-state index contributed by atoms with van der Waals surface area (Å²) in [6.45, 7) is 1.32. The third-order valence-corrected chi connectivity index (χ3v) is 4.43. The van der Waals surface area contributed by atoms with E-state index in [4.69, 9.17) is 4.74 Å². The molecule has 0 bridgehead atoms. The molecule has 2 aromatic rings. The number of nitrogens with one attached hydrogen (secondary N) is 1. The molecule has 1 N–H and O–H groups in total. The highest BCUT2D eigenvalue weighted by Gasteiger charge is 2.26. The molecule has 0 spiro atoms. The summed E-state index contributed by atoms with van der Waals surface area (Å²) in [5, 5.41) is 6.99. The fraction of sp³-hybridized carbons (Fsp3) is 0.444. The van der Waals surface area contributed by atoms with Crippen molar-refractivity contribution in [1.29, 1.82) is 0 Å². The van der Waals surface area contributed by atoms with Gasteiger partial charge >= 0.3 is 0 Å². The molecule has 128 valence electrons. The standard InChI is InChI=1S/C18H24N4O2/c1-21-12-15(11-19-21)20-18(23)13-22-9-4-3-8-17(22)14-6-5-7-16(10-14)24-2/h5-7,10-12,17H,3-4,8-9,13H2,1-2H3,(H,20,23)/t17-/m1/s1. The molecule has 1 fully saturated rings. The number of ether oxygens (including phenoxy) is 1. The molecule has 1 aromatic carbocycles. The fourth-order valence-corrected chi connectivity index (χ4v) is 3.28. The van der Waals surface area contributed by atoms with Crippen LogP contribution in [0.1, 0.15) is 30.9 Å². The fourth-order valence-electron chi connectivity index (χ4n) is 3.28. The number of carbonyl (C=O) groups is 1. The lowest BCUT2D eigenvalue weighted by Gasteiger charge is -2.35. The molecule has 2 heterocycles. The maximum absolute atomic E-state index is 12.4. The molecule has 6 heteroatoms. The Balaban J connectivity index is 1.68. The Kier molecular flexibility index (Phi) is 5.15. The van der Waals surface area contributed by atoms with Crippen LogP contribution >= 0.6 is 0 Å². The number of hydrogen-bond donors (Lipinski definition) is 1. The van der Waals surface area contributed by atoms with E-state index in [1.54, 1.807) is 24.2 Å². The SMILES string of the molecule is COc1cccc([C@H]2CCCCN2CC(=O)Nc2cnn(C)c2)c1. The van der Waals surface area contributed by atoms with Gasteiger partial charge in [0, 0.05) is 19.3 Å². The lowest BCUT2D eigenvalue weighted by atomic mass is 9.95. The van der Waals surface area contributed by atoms with E-state index >= 15 is 0 Å². The van der Waals surface area contributed by atoms with Crippen molar-refractivity contribution < 1.29 is 9.53 Å². The number of rotatable bonds is 5. The van der Waals surface area contributed by atoms with Crippen molar-refractivity contribution in [3.05, 3.63) is 42.2 Å². The van der Waals surface area contributed by atoms with Crippen molar-refractivity contribution in [3.8, 4) is 5.75 Å². The van der Waals surface area contributed by atoms with Crippen molar-refractivity contribution in [2.45, 2.75) is 25.3 Å². The van der Waals surface area contributed by atoms with Crippen molar-refractivity contribution in [1.82, 2.24) is 14.7 Å². The molecule has 24 heavy (non-hydrogen) atoms. The van der Waals surface area contributed by atoms with Gasteiger partial charge in [0.15, 0.2) is 0 Å². The smallest absolute Gasteiger partial charge is 0.238 e. The van der Waals surface area contributed by atoms with Crippen LogP contribution in [0.15, 0.2) is 36.7 Å². The zero-order valence-electron chi connectivity index (χ0n) is 14.2. The predicted octanol–water partition coefficient (Wildman–Crippen LogP) is 2.59. The monoisotopic (exact) mass is 328 g/mol. The summed E-state index contributed by atoms with van der Waals surface area (Å²) in [6, 6.07) is 8.41. The number of likely N-dealkylation sites (tertiary alicyclic amines) is 1. The quantitative estimate of drug-likeness (QED) is 0.916. The van der Waals surface area contributed by atoms with Crippen LogP contribution in [-0.2, 0) is 11.8 Å². The van der Waals surface area contributed by atoms with E-state index in [0.717, 1.165) is 30.8 Å². The van der Waals surface area contributed by atoms with Gasteiger partial charge in [-0.3, -0.25) is 14.4 Å². The Bertz CT molecular complexity index is 698. The van der Waals surface area contributed by atoms with Gasteiger partial charge < -0.3 is 10.1 Å². The highest BCUT2D eigenvalue weighted by Crippen LogP contribution is 2.32. The molecule has 0 radical (unpaired) electrons. The number of piperidine rings is 1. The normalized spacial score (nSPS) is 18.3. The second-order valence-electron chi connectivity index (χ2n) is 6.21. The van der Waals surface area contributed by atoms with Gasteiger partial charge in [0.1, 0.15) is 5.75 Å². The Morgan fingerprint density at radius 3 is 3.04 bits per heavy atom. The summed E-state index contributed by atoms with van der Waals surface area (Å²) in [7, 11) is 3.51. The maximum atomic E-state index is 12.4. The van der Waals surface area contributed by atoms with Crippen LogP contribution in [0.4, 0.5) is 5.69 Å². The predicted molar refractivity (Wildman–Crippen MR) is 93.0 cm³/mol. The lowest BCUT2D eigenvalue weighted by molar-refractivity contribution is -0.118. The van der Waals surface area contributed by atoms with Gasteiger partial charge in [-0.25, -0.2) is 0 Å². The molecular weight excluding hydrogens is 304 g/mol. The molecule has 1 aliphatic heterocycles. The molecule has 1 atom stereocenters. The van der Waals surface area contributed by atoms with E-state index in [2.05, 4.69) is 27.4 Å². The number of carbonyl (C=O) groups excluding carboxylic acids is 1. The number of amides is 1. The van der Waals surface area contributed by atoms with Crippen LogP contribution in [-0.4, -0.2) is 40.8 Å². The number of anilines is 1. The Morgan fingerprint density at radius 2 is 2.29 bits per heavy atom. The second-order valence-corrected chi connectivity index (χ2v) is 6.21. The summed E-state index contributed by atoms with van der Waals surface area (Å²) in [5.41, 5.74) is 1.95. The van der Waals surface area contributed by atoms with E-state index in [-0.39, 0.29) is 11.9 Å². The zero-order valence-corrected chi connectivity index (χ0v) is 14.2. The number of benzene rings is 1. The van der Waals surface area contributed by atoms with E-state index in [0.29, 0.717) is 6.54 Å². The summed E-state index contributed by atoms with van der Waals surface area (Å²) in [5.74, 6) is 0.857. The first kappa shape index (κ1) is 16.5. The maximum Gasteiger partial charge on any atom is 0.238 e. The molecule has 0 saturated carbocycles. The minimum atomic E-state index is -0.00204. The Hall–Kier alpha value is -2.34. The van der Waals surface area contributed by atoms with Gasteiger partial charge in [-0.2, -0.15) is 5.10 Å². The van der Waals surface area contributed by atoms with Gasteiger partial charge in [0.25, 0.3) is 0 Å². The summed E-state index contributed by atoms with van der Waals surface area (Å²) in [6.07, 6.45) is 6.83. The number of methoxy groups -OCH3 is 1. The average Bonchev–Trinajstić information content (AvgIpc) is 3.00. The third kappa shape index (κ3) is 3.94. The van der Waals surface area contributed by atoms with E-state index in [1.807, 2.05) is 19.2 Å². The molecule has 1 aliphatic rings. The van der Waals surface area contributed by atoms with E-state index < -0.39 is 0 Å². The second kappa shape index (κ2) is 7.49. The molecule has 0 unspecified atom stereocenters. The van der Waals surface area contributed by atoms with Crippen molar-refractivity contribution in [3.63, 3.8) is 0 Å². The molecular formula is C18H24N4O2. The van der Waals surface area contributed by atoms with Crippen LogP contribution in [0.3, 0.4) is 0 Å². The van der Waals surface area contributed by atoms with Crippen LogP contribution < -0.4 is 10.1 Å². The zero-order chi connectivity index (χ0) is 16.9. The number of nitrogens with zero attached hydrogens (tertiary/aromatic N) is 3. The van der Waals surface area contributed by atoms with Crippen molar-refractivity contribution >= 4 is 11.6 Å². The van der Waals surface area contributed by atoms with Crippen molar-refractivity contribution in [2.24, 2.45) is 7.05 Å². The minimum Gasteiger partial charge on any atom is -0.497 e. The van der Waals surface area contributed by atoms with E-state index in [1.165, 1.54) is 12.0 Å². The third-order valence-electron chi connectivity index (χ3n) is 4.43. The molecule has 1 amide bonds. The Morgan fingerprint density at radius 1 is 1.42 bits per heavy atom. The van der Waals surface area contributed by atoms with Crippen LogP contribution in [0, 0.1) is 0 Å². The largest absolute Gasteiger partial charge is 0.497 e. The van der Waals surface area contributed by atoms with Crippen LogP contribution in [0.5, 0.6) is 5.75 Å². The topological polar surface area (TPSA) is 59.4 Å². The molecule has 6 nitrogen and oxygen atoms in total. The number of aryl methyl sites for hydroxylation is 1. The lowest BCUT2D eigenvalue weighted by Crippen LogP contribution is -2.39. The van der Waals surface area contributed by atoms with Crippen LogP contribution in [0.25, 0.3) is 0 Å². The first-order valence-electron chi connectivity index (χ1n) is 8.32. The summed E-state index contributed by atoms with van der Waals surface area (Å²) >= 11 is 0. The highest BCUT2D eigenvalue weighted by molar-refractivity contribution is 5.92. The van der Waals surface area contributed by atoms with Gasteiger partial charge in [-0.1, -0.05) is 18.6 Å². The summed E-state index contributed by atoms with van der Waals surface area (Å²) in [4.78, 5) is 14.6. The first-order valence-corrected chi connectivity index (χ1v) is 8.32.